The Bertz CT molecular complexity index is 1290. The van der Waals surface area contributed by atoms with Crippen LogP contribution >= 0.6 is 11.6 Å². The molecule has 2 saturated heterocycles. The van der Waals surface area contributed by atoms with Gasteiger partial charge in [-0.25, -0.2) is 9.38 Å². The van der Waals surface area contributed by atoms with Gasteiger partial charge >= 0.3 is 0 Å². The fourth-order valence-corrected chi connectivity index (χ4v) is 4.81. The summed E-state index contributed by atoms with van der Waals surface area (Å²) in [5.74, 6) is 1.07. The largest absolute Gasteiger partial charge is 0.347 e. The van der Waals surface area contributed by atoms with Crippen LogP contribution in [0.1, 0.15) is 18.4 Å². The first-order valence-corrected chi connectivity index (χ1v) is 10.9. The number of nitrogens with zero attached hydrogens (tertiary/aromatic N) is 5. The number of aryl methyl sites for hydroxylation is 1. The molecule has 0 aliphatic carbocycles. The van der Waals surface area contributed by atoms with Gasteiger partial charge in [-0.15, -0.1) is 10.2 Å². The SMILES string of the molecule is Cc1ccc2nc(N3CCC4(CC3)OCCO4)n3c(-c4ccccc4Cl)nnc3c2c1. The summed E-state index contributed by atoms with van der Waals surface area (Å²) in [4.78, 5) is 7.33. The predicted molar refractivity (Wildman–Crippen MR) is 120 cm³/mol. The molecule has 6 rings (SSSR count). The molecule has 1 spiro atoms. The summed E-state index contributed by atoms with van der Waals surface area (Å²) in [6.45, 7) is 4.96. The van der Waals surface area contributed by atoms with E-state index in [1.807, 2.05) is 34.7 Å². The topological polar surface area (TPSA) is 64.8 Å². The van der Waals surface area contributed by atoms with Crippen LogP contribution in [0.15, 0.2) is 42.5 Å². The first-order valence-electron chi connectivity index (χ1n) is 10.6. The molecule has 7 nitrogen and oxygen atoms in total. The third kappa shape index (κ3) is 3.07. The lowest BCUT2D eigenvalue weighted by Crippen LogP contribution is -2.46. The highest BCUT2D eigenvalue weighted by atomic mass is 35.5. The van der Waals surface area contributed by atoms with Gasteiger partial charge in [0, 0.05) is 36.9 Å². The lowest BCUT2D eigenvalue weighted by atomic mass is 10.0. The molecule has 2 aromatic heterocycles. The van der Waals surface area contributed by atoms with E-state index in [-0.39, 0.29) is 0 Å². The van der Waals surface area contributed by atoms with Gasteiger partial charge in [-0.3, -0.25) is 0 Å². The molecule has 0 unspecified atom stereocenters. The second-order valence-corrected chi connectivity index (χ2v) is 8.60. The Morgan fingerprint density at radius 3 is 2.55 bits per heavy atom. The van der Waals surface area contributed by atoms with Crippen LogP contribution < -0.4 is 4.90 Å². The Hall–Kier alpha value is -2.74. The highest BCUT2D eigenvalue weighted by molar-refractivity contribution is 6.33. The molecule has 31 heavy (non-hydrogen) atoms. The third-order valence-electron chi connectivity index (χ3n) is 6.21. The smallest absolute Gasteiger partial charge is 0.213 e. The molecule has 0 saturated carbocycles. The van der Waals surface area contributed by atoms with E-state index in [1.54, 1.807) is 0 Å². The molecule has 0 N–H and O–H groups in total. The summed E-state index contributed by atoms with van der Waals surface area (Å²) in [6.07, 6.45) is 1.59. The molecular formula is C23H22ClN5O2. The molecule has 2 aliphatic rings. The van der Waals surface area contributed by atoms with Crippen LogP contribution in [0.2, 0.25) is 5.02 Å². The van der Waals surface area contributed by atoms with Crippen LogP contribution in [-0.4, -0.2) is 51.7 Å². The second-order valence-electron chi connectivity index (χ2n) is 8.19. The molecule has 0 amide bonds. The van der Waals surface area contributed by atoms with Crippen molar-refractivity contribution in [2.24, 2.45) is 0 Å². The molecule has 4 aromatic rings. The van der Waals surface area contributed by atoms with Gasteiger partial charge in [0.2, 0.25) is 5.95 Å². The molecule has 158 valence electrons. The van der Waals surface area contributed by atoms with E-state index < -0.39 is 5.79 Å². The van der Waals surface area contributed by atoms with Crippen molar-refractivity contribution in [1.29, 1.82) is 0 Å². The van der Waals surface area contributed by atoms with Gasteiger partial charge in [-0.2, -0.15) is 0 Å². The minimum absolute atomic E-state index is 0.442. The highest BCUT2D eigenvalue weighted by Crippen LogP contribution is 2.36. The number of hydrogen-bond donors (Lipinski definition) is 0. The van der Waals surface area contributed by atoms with Crippen molar-refractivity contribution in [1.82, 2.24) is 19.6 Å². The lowest BCUT2D eigenvalue weighted by Gasteiger charge is -2.38. The zero-order valence-electron chi connectivity index (χ0n) is 17.2. The molecule has 8 heteroatoms. The Labute approximate surface area is 184 Å². The standard InChI is InChI=1S/C23H22ClN5O2/c1-15-6-7-19-17(14-15)21-27-26-20(16-4-2-3-5-18(16)24)29(21)22(25-19)28-10-8-23(9-11-28)30-12-13-31-23/h2-7,14H,8-13H2,1H3. The first-order chi connectivity index (χ1) is 15.1. The lowest BCUT2D eigenvalue weighted by molar-refractivity contribution is -0.169. The summed E-state index contributed by atoms with van der Waals surface area (Å²) < 4.78 is 13.9. The summed E-state index contributed by atoms with van der Waals surface area (Å²) >= 11 is 6.53. The number of fused-ring (bicyclic) bond motifs is 3. The third-order valence-corrected chi connectivity index (χ3v) is 6.54. The van der Waals surface area contributed by atoms with Gasteiger partial charge in [0.25, 0.3) is 0 Å². The number of aromatic nitrogens is 4. The molecule has 2 aliphatic heterocycles. The zero-order valence-corrected chi connectivity index (χ0v) is 18.0. The summed E-state index contributed by atoms with van der Waals surface area (Å²) in [5.41, 5.74) is 3.68. The van der Waals surface area contributed by atoms with Crippen molar-refractivity contribution in [3.63, 3.8) is 0 Å². The predicted octanol–water partition coefficient (Wildman–Crippen LogP) is 4.25. The monoisotopic (exact) mass is 435 g/mol. The van der Waals surface area contributed by atoms with E-state index >= 15 is 0 Å². The number of piperidine rings is 1. The number of ether oxygens (including phenoxy) is 2. The van der Waals surface area contributed by atoms with Crippen LogP contribution in [0.3, 0.4) is 0 Å². The van der Waals surface area contributed by atoms with Crippen molar-refractivity contribution in [2.75, 3.05) is 31.2 Å². The molecule has 0 radical (unpaired) electrons. The Kier molecular flexibility index (Phi) is 4.38. The normalized spacial score (nSPS) is 18.5. The fourth-order valence-electron chi connectivity index (χ4n) is 4.59. The number of hydrogen-bond acceptors (Lipinski definition) is 6. The summed E-state index contributed by atoms with van der Waals surface area (Å²) in [6, 6.07) is 13.9. The zero-order chi connectivity index (χ0) is 21.0. The first kappa shape index (κ1) is 19.0. The van der Waals surface area contributed by atoms with Gasteiger partial charge in [-0.05, 0) is 31.2 Å². The van der Waals surface area contributed by atoms with Crippen molar-refractivity contribution in [2.45, 2.75) is 25.6 Å². The van der Waals surface area contributed by atoms with E-state index in [2.05, 4.69) is 34.2 Å². The van der Waals surface area contributed by atoms with Crippen LogP contribution in [-0.2, 0) is 9.47 Å². The van der Waals surface area contributed by atoms with E-state index in [4.69, 9.17) is 26.1 Å². The van der Waals surface area contributed by atoms with Gasteiger partial charge in [-0.1, -0.05) is 35.4 Å². The van der Waals surface area contributed by atoms with Gasteiger partial charge in [0.1, 0.15) is 0 Å². The Morgan fingerprint density at radius 1 is 1.00 bits per heavy atom. The minimum atomic E-state index is -0.442. The number of halogens is 1. The van der Waals surface area contributed by atoms with Crippen molar-refractivity contribution in [3.05, 3.63) is 53.1 Å². The maximum absolute atomic E-state index is 6.53. The Balaban J connectivity index is 1.54. The number of benzene rings is 2. The fraction of sp³-hybridized carbons (Fsp3) is 0.348. The highest BCUT2D eigenvalue weighted by Gasteiger charge is 2.40. The quantitative estimate of drug-likeness (QED) is 0.469. The molecule has 2 fully saturated rings. The number of rotatable bonds is 2. The van der Waals surface area contributed by atoms with E-state index in [0.29, 0.717) is 24.1 Å². The van der Waals surface area contributed by atoms with Crippen LogP contribution in [0, 0.1) is 6.92 Å². The van der Waals surface area contributed by atoms with Gasteiger partial charge in [0.15, 0.2) is 17.3 Å². The molecule has 0 bridgehead atoms. The summed E-state index contributed by atoms with van der Waals surface area (Å²) in [5, 5.41) is 10.7. The van der Waals surface area contributed by atoms with Crippen LogP contribution in [0.4, 0.5) is 5.95 Å². The van der Waals surface area contributed by atoms with Gasteiger partial charge < -0.3 is 14.4 Å². The molecule has 2 aromatic carbocycles. The molecule has 0 atom stereocenters. The van der Waals surface area contributed by atoms with E-state index in [9.17, 15) is 0 Å². The average Bonchev–Trinajstić information content (AvgIpc) is 3.42. The minimum Gasteiger partial charge on any atom is -0.347 e. The van der Waals surface area contributed by atoms with Crippen molar-refractivity contribution < 1.29 is 9.47 Å². The van der Waals surface area contributed by atoms with Crippen molar-refractivity contribution in [3.8, 4) is 11.4 Å². The Morgan fingerprint density at radius 2 is 1.77 bits per heavy atom. The number of anilines is 1. The molecular weight excluding hydrogens is 414 g/mol. The molecule has 4 heterocycles. The second kappa shape index (κ2) is 7.15. The van der Waals surface area contributed by atoms with Gasteiger partial charge in [0.05, 0.1) is 23.8 Å². The maximum atomic E-state index is 6.53. The average molecular weight is 436 g/mol. The van der Waals surface area contributed by atoms with E-state index in [0.717, 1.165) is 59.6 Å². The van der Waals surface area contributed by atoms with Crippen LogP contribution in [0.25, 0.3) is 27.9 Å². The summed E-state index contributed by atoms with van der Waals surface area (Å²) in [7, 11) is 0. The van der Waals surface area contributed by atoms with E-state index in [1.165, 1.54) is 0 Å². The van der Waals surface area contributed by atoms with Crippen molar-refractivity contribution >= 4 is 34.1 Å². The van der Waals surface area contributed by atoms with Crippen LogP contribution in [0.5, 0.6) is 0 Å². The maximum Gasteiger partial charge on any atom is 0.213 e.